The van der Waals surface area contributed by atoms with Gasteiger partial charge in [0.1, 0.15) is 6.54 Å². The number of nitrogens with zero attached hydrogens (tertiary/aromatic N) is 3. The van der Waals surface area contributed by atoms with E-state index >= 15 is 0 Å². The van der Waals surface area contributed by atoms with Crippen molar-refractivity contribution in [2.75, 3.05) is 45.8 Å². The van der Waals surface area contributed by atoms with Crippen LogP contribution >= 0.6 is 0 Å². The number of rotatable bonds is 5. The Morgan fingerprint density at radius 2 is 1.89 bits per heavy atom. The average molecular weight is 387 g/mol. The van der Waals surface area contributed by atoms with Crippen molar-refractivity contribution >= 4 is 11.9 Å². The summed E-state index contributed by atoms with van der Waals surface area (Å²) in [5.41, 5.74) is 2.54. The molecule has 0 bridgehead atoms. The molecule has 154 valence electrons. The van der Waals surface area contributed by atoms with Crippen LogP contribution in [0.2, 0.25) is 0 Å². The molecular weight excluding hydrogens is 352 g/mol. The largest absolute Gasteiger partial charge is 0.340 e. The number of amides is 3. The van der Waals surface area contributed by atoms with Gasteiger partial charge in [0.2, 0.25) is 5.91 Å². The lowest BCUT2D eigenvalue weighted by Crippen LogP contribution is -2.55. The zero-order valence-corrected chi connectivity index (χ0v) is 17.5. The molecule has 28 heavy (non-hydrogen) atoms. The predicted octanol–water partition coefficient (Wildman–Crippen LogP) is 2.64. The highest BCUT2D eigenvalue weighted by molar-refractivity contribution is 5.85. The molecule has 2 fully saturated rings. The first-order valence-corrected chi connectivity index (χ1v) is 10.6. The van der Waals surface area contributed by atoms with Gasteiger partial charge in [-0.05, 0) is 56.8 Å². The first-order valence-electron chi connectivity index (χ1n) is 10.6. The van der Waals surface area contributed by atoms with Crippen LogP contribution in [0.4, 0.5) is 4.79 Å². The molecule has 0 aromatic heterocycles. The first kappa shape index (κ1) is 20.6. The molecule has 1 N–H and O–H groups in total. The monoisotopic (exact) mass is 386 g/mol. The van der Waals surface area contributed by atoms with Crippen LogP contribution in [0.25, 0.3) is 0 Å². The van der Waals surface area contributed by atoms with Crippen molar-refractivity contribution in [2.24, 2.45) is 5.92 Å². The SMILES string of the molecule is CCN1CCN(C(=O)NC[C@@H](c2ccccc2C)N2CCC(C)CC2)CC1=O. The summed E-state index contributed by atoms with van der Waals surface area (Å²) >= 11 is 0. The van der Waals surface area contributed by atoms with Gasteiger partial charge in [-0.1, -0.05) is 31.2 Å². The second-order valence-electron chi connectivity index (χ2n) is 8.17. The third-order valence-corrected chi connectivity index (χ3v) is 6.24. The number of likely N-dealkylation sites (N-methyl/N-ethyl adjacent to an activating group) is 1. The number of piperazine rings is 1. The molecule has 3 amide bonds. The van der Waals surface area contributed by atoms with E-state index in [1.165, 1.54) is 24.0 Å². The Bertz CT molecular complexity index is 685. The summed E-state index contributed by atoms with van der Waals surface area (Å²) < 4.78 is 0. The Morgan fingerprint density at radius 1 is 1.18 bits per heavy atom. The molecule has 3 rings (SSSR count). The highest BCUT2D eigenvalue weighted by Crippen LogP contribution is 2.28. The van der Waals surface area contributed by atoms with Gasteiger partial charge >= 0.3 is 6.03 Å². The molecule has 1 aromatic carbocycles. The predicted molar refractivity (Wildman–Crippen MR) is 111 cm³/mol. The lowest BCUT2D eigenvalue weighted by Gasteiger charge is -2.38. The molecule has 6 nitrogen and oxygen atoms in total. The highest BCUT2D eigenvalue weighted by Gasteiger charge is 2.29. The van der Waals surface area contributed by atoms with E-state index in [-0.39, 0.29) is 24.5 Å². The van der Waals surface area contributed by atoms with E-state index in [1.807, 2.05) is 6.92 Å². The summed E-state index contributed by atoms with van der Waals surface area (Å²) in [5, 5.41) is 3.11. The van der Waals surface area contributed by atoms with Crippen LogP contribution in [0, 0.1) is 12.8 Å². The molecule has 0 spiro atoms. The van der Waals surface area contributed by atoms with Crippen molar-refractivity contribution in [1.29, 1.82) is 0 Å². The standard InChI is InChI=1S/C22H34N4O2/c1-4-24-13-14-26(16-21(24)27)22(28)23-15-20(19-8-6-5-7-18(19)3)25-11-9-17(2)10-12-25/h5-8,17,20H,4,9-16H2,1-3H3,(H,23,28)/t20-/m0/s1. The van der Waals surface area contributed by atoms with Crippen molar-refractivity contribution in [3.05, 3.63) is 35.4 Å². The van der Waals surface area contributed by atoms with Gasteiger partial charge in [0.25, 0.3) is 0 Å². The number of nitrogens with one attached hydrogen (secondary N) is 1. The molecule has 0 unspecified atom stereocenters. The Labute approximate surface area is 168 Å². The number of aryl methyl sites for hydroxylation is 1. The van der Waals surface area contributed by atoms with Crippen molar-refractivity contribution in [3.63, 3.8) is 0 Å². The van der Waals surface area contributed by atoms with Crippen LogP contribution in [0.15, 0.2) is 24.3 Å². The highest BCUT2D eigenvalue weighted by atomic mass is 16.2. The zero-order valence-electron chi connectivity index (χ0n) is 17.5. The Hall–Kier alpha value is -2.08. The van der Waals surface area contributed by atoms with E-state index in [1.54, 1.807) is 9.80 Å². The van der Waals surface area contributed by atoms with E-state index in [2.05, 4.69) is 48.3 Å². The van der Waals surface area contributed by atoms with Gasteiger partial charge in [-0.2, -0.15) is 0 Å². The van der Waals surface area contributed by atoms with Gasteiger partial charge < -0.3 is 15.1 Å². The summed E-state index contributed by atoms with van der Waals surface area (Å²) in [6, 6.07) is 8.49. The van der Waals surface area contributed by atoms with E-state index in [9.17, 15) is 9.59 Å². The molecule has 1 atom stereocenters. The van der Waals surface area contributed by atoms with Crippen LogP contribution in [0.5, 0.6) is 0 Å². The third kappa shape index (κ3) is 4.85. The minimum absolute atomic E-state index is 0.0318. The lowest BCUT2D eigenvalue weighted by atomic mass is 9.94. The molecule has 2 saturated heterocycles. The van der Waals surface area contributed by atoms with Crippen LogP contribution in [0.1, 0.15) is 43.9 Å². The van der Waals surface area contributed by atoms with Crippen LogP contribution in [-0.4, -0.2) is 72.5 Å². The molecule has 0 saturated carbocycles. The van der Waals surface area contributed by atoms with E-state index in [0.717, 1.165) is 19.0 Å². The third-order valence-electron chi connectivity index (χ3n) is 6.24. The minimum atomic E-state index is -0.131. The number of carbonyl (C=O) groups excluding carboxylic acids is 2. The summed E-state index contributed by atoms with van der Waals surface area (Å²) in [6.07, 6.45) is 2.40. The number of benzene rings is 1. The zero-order chi connectivity index (χ0) is 20.1. The smallest absolute Gasteiger partial charge is 0.317 e. The Morgan fingerprint density at radius 3 is 2.54 bits per heavy atom. The van der Waals surface area contributed by atoms with Gasteiger partial charge in [-0.25, -0.2) is 4.79 Å². The fourth-order valence-electron chi connectivity index (χ4n) is 4.25. The van der Waals surface area contributed by atoms with E-state index in [4.69, 9.17) is 0 Å². The average Bonchev–Trinajstić information content (AvgIpc) is 2.70. The van der Waals surface area contributed by atoms with Crippen molar-refractivity contribution in [1.82, 2.24) is 20.0 Å². The van der Waals surface area contributed by atoms with Gasteiger partial charge in [0, 0.05) is 26.2 Å². The van der Waals surface area contributed by atoms with Crippen molar-refractivity contribution in [2.45, 2.75) is 39.7 Å². The molecule has 0 aliphatic carbocycles. The van der Waals surface area contributed by atoms with E-state index < -0.39 is 0 Å². The fraction of sp³-hybridized carbons (Fsp3) is 0.636. The molecule has 2 aliphatic rings. The molecule has 2 aliphatic heterocycles. The number of hydrogen-bond donors (Lipinski definition) is 1. The van der Waals surface area contributed by atoms with Gasteiger partial charge in [0.05, 0.1) is 6.04 Å². The molecule has 2 heterocycles. The molecule has 0 radical (unpaired) electrons. The second kappa shape index (κ2) is 9.41. The van der Waals surface area contributed by atoms with Gasteiger partial charge in [-0.15, -0.1) is 0 Å². The van der Waals surface area contributed by atoms with Crippen molar-refractivity contribution in [3.8, 4) is 0 Å². The number of likely N-dealkylation sites (tertiary alicyclic amines) is 1. The van der Waals surface area contributed by atoms with Crippen LogP contribution in [-0.2, 0) is 4.79 Å². The summed E-state index contributed by atoms with van der Waals surface area (Å²) in [4.78, 5) is 30.8. The topological polar surface area (TPSA) is 55.9 Å². The number of piperidine rings is 1. The minimum Gasteiger partial charge on any atom is -0.340 e. The molecule has 6 heteroatoms. The molecular formula is C22H34N4O2. The number of hydrogen-bond acceptors (Lipinski definition) is 3. The normalized spacial score (nSPS) is 20.3. The second-order valence-corrected chi connectivity index (χ2v) is 8.17. The van der Waals surface area contributed by atoms with Crippen LogP contribution in [0.3, 0.4) is 0 Å². The number of carbonyl (C=O) groups is 2. The Kier molecular flexibility index (Phi) is 6.94. The maximum atomic E-state index is 12.7. The first-order chi connectivity index (χ1) is 13.5. The van der Waals surface area contributed by atoms with E-state index in [0.29, 0.717) is 26.2 Å². The number of urea groups is 1. The Balaban J connectivity index is 1.65. The lowest BCUT2D eigenvalue weighted by molar-refractivity contribution is -0.134. The van der Waals surface area contributed by atoms with Gasteiger partial charge in [-0.3, -0.25) is 9.69 Å². The van der Waals surface area contributed by atoms with Crippen LogP contribution < -0.4 is 5.32 Å². The maximum absolute atomic E-state index is 12.7. The maximum Gasteiger partial charge on any atom is 0.317 e. The van der Waals surface area contributed by atoms with Crippen molar-refractivity contribution < 1.29 is 9.59 Å². The summed E-state index contributed by atoms with van der Waals surface area (Å²) in [7, 11) is 0. The summed E-state index contributed by atoms with van der Waals surface area (Å²) in [6.45, 7) is 11.2. The molecule has 1 aromatic rings. The quantitative estimate of drug-likeness (QED) is 0.846. The fourth-order valence-corrected chi connectivity index (χ4v) is 4.25. The van der Waals surface area contributed by atoms with Gasteiger partial charge in [0.15, 0.2) is 0 Å². The summed E-state index contributed by atoms with van der Waals surface area (Å²) in [5.74, 6) is 0.800.